The van der Waals surface area contributed by atoms with Crippen LogP contribution in [0, 0.1) is 34.5 Å². The van der Waals surface area contributed by atoms with Crippen LogP contribution in [0.3, 0.4) is 0 Å². The van der Waals surface area contributed by atoms with E-state index in [0.29, 0.717) is 26.1 Å². The predicted molar refractivity (Wildman–Crippen MR) is 184 cm³/mol. The Morgan fingerprint density at radius 3 is 1.30 bits per heavy atom. The van der Waals surface area contributed by atoms with Crippen molar-refractivity contribution in [1.29, 1.82) is 0 Å². The highest BCUT2D eigenvalue weighted by atomic mass is 16.5. The maximum absolute atomic E-state index is 12.5. The molecule has 0 radical (unpaired) electrons. The summed E-state index contributed by atoms with van der Waals surface area (Å²) in [5, 5.41) is 10.4. The van der Waals surface area contributed by atoms with E-state index < -0.39 is 10.8 Å². The minimum atomic E-state index is -0.492. The average Bonchev–Trinajstić information content (AvgIpc) is 2.98. The Bertz CT molecular complexity index is 781. The summed E-state index contributed by atoms with van der Waals surface area (Å²) in [4.78, 5) is 25.0. The van der Waals surface area contributed by atoms with Crippen molar-refractivity contribution < 1.29 is 24.2 Å². The van der Waals surface area contributed by atoms with Crippen LogP contribution in [0.2, 0.25) is 0 Å². The molecule has 44 heavy (non-hydrogen) atoms. The molecule has 0 bridgehead atoms. The van der Waals surface area contributed by atoms with Crippen LogP contribution in [0.15, 0.2) is 0 Å². The van der Waals surface area contributed by atoms with Gasteiger partial charge in [0.05, 0.1) is 16.9 Å². The lowest BCUT2D eigenvalue weighted by Crippen LogP contribution is -2.27. The molecule has 5 heteroatoms. The average molecular weight is 617 g/mol. The molecule has 0 unspecified atom stereocenters. The summed E-state index contributed by atoms with van der Waals surface area (Å²) in [5.74, 6) is 12.3. The second-order valence-corrected chi connectivity index (χ2v) is 13.7. The minimum absolute atomic E-state index is 0.142. The molecule has 0 aliphatic rings. The van der Waals surface area contributed by atoms with E-state index in [1.165, 1.54) is 38.5 Å². The molecule has 0 aromatic rings. The number of ether oxygens (including phenoxy) is 2. The van der Waals surface area contributed by atoms with Crippen LogP contribution < -0.4 is 0 Å². The van der Waals surface area contributed by atoms with Gasteiger partial charge in [0.25, 0.3) is 0 Å². The molecule has 1 N–H and O–H groups in total. The predicted octanol–water partition coefficient (Wildman–Crippen LogP) is 10.1. The Balaban J connectivity index is 3.88. The summed E-state index contributed by atoms with van der Waals surface area (Å²) in [6, 6.07) is 0. The van der Waals surface area contributed by atoms with Crippen LogP contribution in [0.1, 0.15) is 183 Å². The fraction of sp³-hybridized carbons (Fsp3) is 0.846. The quantitative estimate of drug-likeness (QED) is 0.0595. The highest BCUT2D eigenvalue weighted by Gasteiger charge is 2.29. The number of aliphatic hydroxyl groups is 1. The van der Waals surface area contributed by atoms with Crippen molar-refractivity contribution in [3.8, 4) is 23.7 Å². The molecule has 0 aliphatic carbocycles. The number of rotatable bonds is 26. The molecular formula is C39H68O5. The van der Waals surface area contributed by atoms with E-state index in [1.807, 2.05) is 27.7 Å². The van der Waals surface area contributed by atoms with E-state index >= 15 is 0 Å². The van der Waals surface area contributed by atoms with Gasteiger partial charge in [0.1, 0.15) is 13.2 Å². The van der Waals surface area contributed by atoms with Crippen molar-refractivity contribution in [2.75, 3.05) is 13.2 Å². The summed E-state index contributed by atoms with van der Waals surface area (Å²) in [6.45, 7) is 13.0. The normalized spacial score (nSPS) is 11.5. The van der Waals surface area contributed by atoms with Crippen LogP contribution in [-0.4, -0.2) is 36.4 Å². The lowest BCUT2D eigenvalue weighted by atomic mass is 9.86. The Morgan fingerprint density at radius 1 is 0.545 bits per heavy atom. The zero-order valence-electron chi connectivity index (χ0n) is 29.6. The van der Waals surface area contributed by atoms with Crippen LogP contribution in [0.5, 0.6) is 0 Å². The van der Waals surface area contributed by atoms with Gasteiger partial charge in [-0.1, -0.05) is 103 Å². The van der Waals surface area contributed by atoms with Crippen LogP contribution >= 0.6 is 0 Å². The van der Waals surface area contributed by atoms with Crippen LogP contribution in [-0.2, 0) is 19.1 Å². The number of unbranched alkanes of at least 4 members (excludes halogenated alkanes) is 12. The minimum Gasteiger partial charge on any atom is -0.464 e. The van der Waals surface area contributed by atoms with Gasteiger partial charge < -0.3 is 14.6 Å². The third-order valence-electron chi connectivity index (χ3n) is 8.26. The van der Waals surface area contributed by atoms with E-state index in [9.17, 15) is 14.7 Å². The summed E-state index contributed by atoms with van der Waals surface area (Å²) >= 11 is 0. The van der Waals surface area contributed by atoms with E-state index in [2.05, 4.69) is 37.5 Å². The molecule has 0 saturated carbocycles. The second-order valence-electron chi connectivity index (χ2n) is 13.7. The Kier molecular flexibility index (Phi) is 26.1. The number of esters is 2. The third-order valence-corrected chi connectivity index (χ3v) is 8.26. The molecule has 5 nitrogen and oxygen atoms in total. The molecule has 0 amide bonds. The summed E-state index contributed by atoms with van der Waals surface area (Å²) in [5.41, 5.74) is -0.984. The SMILES string of the molecule is CCCCCCC#CCCOC(=O)C(C)(C)CCCCCC(O)CCCCCC(C)(C)C(=O)OCCC#CCCCCCC. The van der Waals surface area contributed by atoms with Crippen molar-refractivity contribution in [3.63, 3.8) is 0 Å². The van der Waals surface area contributed by atoms with Gasteiger partial charge >= 0.3 is 11.9 Å². The molecule has 0 atom stereocenters. The Morgan fingerprint density at radius 2 is 0.909 bits per heavy atom. The standard InChI is InChI=1S/C39H68O5/c1-7-9-11-13-15-17-19-27-33-43-36(41)38(3,4)31-25-21-23-29-35(40)30-24-22-26-32-39(5,6)37(42)44-34-28-20-18-16-14-12-10-8-2/h35,40H,7-16,21-34H2,1-6H3. The highest BCUT2D eigenvalue weighted by molar-refractivity contribution is 5.76. The molecular weight excluding hydrogens is 548 g/mol. The molecule has 0 fully saturated rings. The lowest BCUT2D eigenvalue weighted by molar-refractivity contribution is -0.155. The summed E-state index contributed by atoms with van der Waals surface area (Å²) < 4.78 is 11.0. The molecule has 0 heterocycles. The molecule has 0 rings (SSSR count). The van der Waals surface area contributed by atoms with Crippen LogP contribution in [0.4, 0.5) is 0 Å². The first kappa shape index (κ1) is 42.0. The number of hydrogen-bond donors (Lipinski definition) is 1. The number of aliphatic hydroxyl groups excluding tert-OH is 1. The molecule has 0 saturated heterocycles. The smallest absolute Gasteiger partial charge is 0.311 e. The summed E-state index contributed by atoms with van der Waals surface area (Å²) in [6.07, 6.45) is 21.6. The number of carbonyl (C=O) groups excluding carboxylic acids is 2. The summed E-state index contributed by atoms with van der Waals surface area (Å²) in [7, 11) is 0. The van der Waals surface area contributed by atoms with Crippen molar-refractivity contribution in [1.82, 2.24) is 0 Å². The van der Waals surface area contributed by atoms with Crippen LogP contribution in [0.25, 0.3) is 0 Å². The molecule has 0 aromatic heterocycles. The Labute approximate surface area is 272 Å². The van der Waals surface area contributed by atoms with Crippen molar-refractivity contribution in [3.05, 3.63) is 0 Å². The van der Waals surface area contributed by atoms with Gasteiger partial charge in [0.15, 0.2) is 0 Å². The zero-order chi connectivity index (χ0) is 32.9. The maximum atomic E-state index is 12.5. The Hall–Kier alpha value is -1.98. The van der Waals surface area contributed by atoms with E-state index in [1.54, 1.807) is 0 Å². The van der Waals surface area contributed by atoms with Gasteiger partial charge in [0.2, 0.25) is 0 Å². The van der Waals surface area contributed by atoms with Gasteiger partial charge in [-0.05, 0) is 66.2 Å². The van der Waals surface area contributed by atoms with E-state index in [4.69, 9.17) is 9.47 Å². The van der Waals surface area contributed by atoms with Gasteiger partial charge in [-0.25, -0.2) is 0 Å². The number of hydrogen-bond acceptors (Lipinski definition) is 5. The van der Waals surface area contributed by atoms with E-state index in [0.717, 1.165) is 89.9 Å². The lowest BCUT2D eigenvalue weighted by Gasteiger charge is -2.22. The van der Waals surface area contributed by atoms with Gasteiger partial charge in [-0.2, -0.15) is 0 Å². The maximum Gasteiger partial charge on any atom is 0.311 e. The van der Waals surface area contributed by atoms with Gasteiger partial charge in [-0.3, -0.25) is 9.59 Å². The molecule has 254 valence electrons. The fourth-order valence-corrected chi connectivity index (χ4v) is 5.01. The van der Waals surface area contributed by atoms with Crippen molar-refractivity contribution in [2.24, 2.45) is 10.8 Å². The van der Waals surface area contributed by atoms with Crippen molar-refractivity contribution in [2.45, 2.75) is 189 Å². The number of carbonyl (C=O) groups is 2. The molecule has 0 aliphatic heterocycles. The third kappa shape index (κ3) is 24.4. The zero-order valence-corrected chi connectivity index (χ0v) is 29.6. The first-order chi connectivity index (χ1) is 21.1. The molecule has 0 spiro atoms. The monoisotopic (exact) mass is 617 g/mol. The van der Waals surface area contributed by atoms with Gasteiger partial charge in [-0.15, -0.1) is 11.8 Å². The van der Waals surface area contributed by atoms with E-state index in [-0.39, 0.29) is 18.0 Å². The first-order valence-electron chi connectivity index (χ1n) is 18.0. The molecule has 0 aromatic carbocycles. The topological polar surface area (TPSA) is 72.8 Å². The largest absolute Gasteiger partial charge is 0.464 e. The first-order valence-corrected chi connectivity index (χ1v) is 18.0. The fourth-order valence-electron chi connectivity index (χ4n) is 5.01. The van der Waals surface area contributed by atoms with Crippen molar-refractivity contribution >= 4 is 11.9 Å². The highest BCUT2D eigenvalue weighted by Crippen LogP contribution is 2.27. The second kappa shape index (κ2) is 27.3. The van der Waals surface area contributed by atoms with Gasteiger partial charge in [0, 0.05) is 25.7 Å².